The number of nitrogens with one attached hydrogen (secondary N) is 1. The minimum atomic E-state index is -0.172. The summed E-state index contributed by atoms with van der Waals surface area (Å²) in [5, 5.41) is 20.6. The Bertz CT molecular complexity index is 1410. The number of benzene rings is 2. The molecule has 0 radical (unpaired) electrons. The fourth-order valence-corrected chi connectivity index (χ4v) is 7.08. The molecular weight excluding hydrogens is 506 g/mol. The van der Waals surface area contributed by atoms with Gasteiger partial charge in [-0.25, -0.2) is 0 Å². The molecule has 1 aliphatic carbocycles. The van der Waals surface area contributed by atoms with Crippen LogP contribution in [0.4, 0.5) is 0 Å². The number of aromatic nitrogens is 1. The van der Waals surface area contributed by atoms with Gasteiger partial charge in [-0.3, -0.25) is 4.79 Å². The summed E-state index contributed by atoms with van der Waals surface area (Å²) in [4.78, 5) is 14.1. The lowest BCUT2D eigenvalue weighted by Crippen LogP contribution is -2.25. The van der Waals surface area contributed by atoms with Gasteiger partial charge in [0.1, 0.15) is 5.75 Å². The zero-order chi connectivity index (χ0) is 25.8. The van der Waals surface area contributed by atoms with Crippen molar-refractivity contribution in [3.8, 4) is 5.75 Å². The molecule has 0 aliphatic heterocycles. The van der Waals surface area contributed by atoms with Crippen LogP contribution in [0.5, 0.6) is 5.75 Å². The summed E-state index contributed by atoms with van der Waals surface area (Å²) in [6, 6.07) is 19.9. The molecule has 5 rings (SSSR count). The van der Waals surface area contributed by atoms with E-state index >= 15 is 0 Å². The Morgan fingerprint density at radius 1 is 1.22 bits per heavy atom. The summed E-state index contributed by atoms with van der Waals surface area (Å²) >= 11 is 3.12. The Morgan fingerprint density at radius 2 is 2.00 bits per heavy atom. The molecule has 0 saturated heterocycles. The molecule has 37 heavy (non-hydrogen) atoms. The average Bonchev–Trinajstić information content (AvgIpc) is 3.53. The van der Waals surface area contributed by atoms with Gasteiger partial charge in [-0.2, -0.15) is 0 Å². The number of thiophene rings is 1. The average molecular weight is 534 g/mol. The van der Waals surface area contributed by atoms with Gasteiger partial charge in [0.25, 0.3) is 5.91 Å². The van der Waals surface area contributed by atoms with Crippen LogP contribution in [0.3, 0.4) is 0 Å². The molecule has 2 N–H and O–H groups in total. The topological polar surface area (TPSA) is 97.0 Å². The number of oxime groups is 1. The first kappa shape index (κ1) is 25.1. The number of carbonyl (C=O) groups is 1. The van der Waals surface area contributed by atoms with Crippen LogP contribution >= 0.6 is 23.1 Å². The van der Waals surface area contributed by atoms with Crippen molar-refractivity contribution in [1.82, 2.24) is 10.5 Å². The third-order valence-corrected chi connectivity index (χ3v) is 8.95. The smallest absolute Gasteiger partial charge is 0.262 e. The monoisotopic (exact) mass is 533 g/mol. The molecule has 9 heteroatoms. The molecule has 0 saturated carbocycles. The number of ether oxygens (including phenoxy) is 1. The highest BCUT2D eigenvalue weighted by molar-refractivity contribution is 8.00. The Labute approximate surface area is 223 Å². The molecule has 1 unspecified atom stereocenters. The van der Waals surface area contributed by atoms with E-state index in [4.69, 9.17) is 9.26 Å². The van der Waals surface area contributed by atoms with Crippen LogP contribution in [-0.2, 0) is 18.7 Å². The van der Waals surface area contributed by atoms with E-state index in [1.54, 1.807) is 18.9 Å². The van der Waals surface area contributed by atoms with Gasteiger partial charge in [0.2, 0.25) is 0 Å². The van der Waals surface area contributed by atoms with Crippen molar-refractivity contribution in [1.29, 1.82) is 0 Å². The van der Waals surface area contributed by atoms with Gasteiger partial charge in [0, 0.05) is 23.8 Å². The largest absolute Gasteiger partial charge is 0.497 e. The lowest BCUT2D eigenvalue weighted by atomic mass is 9.80. The van der Waals surface area contributed by atoms with E-state index < -0.39 is 0 Å². The first-order valence-electron chi connectivity index (χ1n) is 11.9. The summed E-state index contributed by atoms with van der Waals surface area (Å²) in [5.41, 5.74) is 5.49. The Hall–Kier alpha value is -3.56. The number of aryl methyl sites for hydroxylation is 1. The molecule has 1 amide bonds. The fourth-order valence-electron chi connectivity index (χ4n) is 4.54. The predicted molar refractivity (Wildman–Crippen MR) is 145 cm³/mol. The van der Waals surface area contributed by atoms with Gasteiger partial charge in [-0.15, -0.1) is 23.1 Å². The van der Waals surface area contributed by atoms with Crippen molar-refractivity contribution in [2.45, 2.75) is 42.2 Å². The summed E-state index contributed by atoms with van der Waals surface area (Å²) < 4.78 is 11.6. The second-order valence-electron chi connectivity index (χ2n) is 8.89. The maximum Gasteiger partial charge on any atom is 0.262 e. The summed E-state index contributed by atoms with van der Waals surface area (Å²) in [5.74, 6) is 2.05. The highest BCUT2D eigenvalue weighted by Crippen LogP contribution is 2.45. The minimum Gasteiger partial charge on any atom is -0.497 e. The standard InChI is InChI=1S/C28H27N3O4S2/c1-17-12-22(35-31-17)15-29-27(32)26-23-13-20(19-8-10-21(34-2)11-9-19)14-24(30-33)25(23)28(37-26)36-16-18-6-4-3-5-7-18/h3-12,20,33H,13-16H2,1-2H3,(H,29,32)/b30-24+. The molecule has 0 spiro atoms. The van der Waals surface area contributed by atoms with Crippen LogP contribution < -0.4 is 10.1 Å². The molecule has 1 aliphatic rings. The number of amides is 1. The maximum atomic E-state index is 13.4. The van der Waals surface area contributed by atoms with E-state index in [0.717, 1.165) is 38.1 Å². The third-order valence-electron chi connectivity index (χ3n) is 6.38. The van der Waals surface area contributed by atoms with E-state index in [1.165, 1.54) is 16.9 Å². The Kier molecular flexibility index (Phi) is 7.62. The van der Waals surface area contributed by atoms with E-state index in [1.807, 2.05) is 55.5 Å². The van der Waals surface area contributed by atoms with Gasteiger partial charge in [0.15, 0.2) is 5.76 Å². The number of thioether (sulfide) groups is 1. The summed E-state index contributed by atoms with van der Waals surface area (Å²) in [7, 11) is 1.64. The first-order chi connectivity index (χ1) is 18.1. The SMILES string of the molecule is COc1ccc(C2C/C(=N\O)c3c(SCc4ccccc4)sc(C(=O)NCc4cc(C)no4)c3C2)cc1. The number of fused-ring (bicyclic) bond motifs is 1. The first-order valence-corrected chi connectivity index (χ1v) is 13.7. The highest BCUT2D eigenvalue weighted by Gasteiger charge is 2.34. The zero-order valence-electron chi connectivity index (χ0n) is 20.6. The van der Waals surface area contributed by atoms with Crippen molar-refractivity contribution < 1.29 is 19.3 Å². The molecular formula is C28H27N3O4S2. The lowest BCUT2D eigenvalue weighted by Gasteiger charge is -2.25. The lowest BCUT2D eigenvalue weighted by molar-refractivity contribution is 0.0950. The van der Waals surface area contributed by atoms with Gasteiger partial charge in [-0.1, -0.05) is 52.8 Å². The molecule has 7 nitrogen and oxygen atoms in total. The number of nitrogens with zero attached hydrogens (tertiary/aromatic N) is 2. The number of carbonyl (C=O) groups excluding carboxylic acids is 1. The Balaban J connectivity index is 1.47. The number of hydrogen-bond acceptors (Lipinski definition) is 8. The molecule has 0 bridgehead atoms. The quantitative estimate of drug-likeness (QED) is 0.159. The van der Waals surface area contributed by atoms with E-state index in [9.17, 15) is 10.0 Å². The molecule has 0 fully saturated rings. The minimum absolute atomic E-state index is 0.0781. The predicted octanol–water partition coefficient (Wildman–Crippen LogP) is 6.18. The molecule has 2 aromatic heterocycles. The van der Waals surface area contributed by atoms with Crippen LogP contribution in [0, 0.1) is 6.92 Å². The normalized spacial score (nSPS) is 15.9. The maximum absolute atomic E-state index is 13.4. The zero-order valence-corrected chi connectivity index (χ0v) is 22.2. The molecule has 4 aromatic rings. The van der Waals surface area contributed by atoms with Crippen molar-refractivity contribution in [2.75, 3.05) is 7.11 Å². The highest BCUT2D eigenvalue weighted by atomic mass is 32.2. The van der Waals surface area contributed by atoms with Crippen molar-refractivity contribution in [3.63, 3.8) is 0 Å². The van der Waals surface area contributed by atoms with Crippen molar-refractivity contribution >= 4 is 34.7 Å². The molecule has 2 heterocycles. The fraction of sp³-hybridized carbons (Fsp3) is 0.250. The van der Waals surface area contributed by atoms with E-state index in [-0.39, 0.29) is 18.4 Å². The second kappa shape index (κ2) is 11.2. The van der Waals surface area contributed by atoms with Crippen molar-refractivity contribution in [2.24, 2.45) is 5.16 Å². The third kappa shape index (κ3) is 5.57. The van der Waals surface area contributed by atoms with Crippen LogP contribution in [0.15, 0.2) is 74.6 Å². The number of rotatable bonds is 8. The van der Waals surface area contributed by atoms with E-state index in [0.29, 0.717) is 29.2 Å². The summed E-state index contributed by atoms with van der Waals surface area (Å²) in [6.07, 6.45) is 1.26. The molecule has 1 atom stereocenters. The van der Waals surface area contributed by atoms with Crippen molar-refractivity contribution in [3.05, 3.63) is 99.2 Å². The van der Waals surface area contributed by atoms with Gasteiger partial charge in [-0.05, 0) is 48.1 Å². The van der Waals surface area contributed by atoms with Crippen LogP contribution in [0.25, 0.3) is 0 Å². The van der Waals surface area contributed by atoms with Gasteiger partial charge >= 0.3 is 0 Å². The van der Waals surface area contributed by atoms with Crippen LogP contribution in [-0.4, -0.2) is 29.1 Å². The number of methoxy groups -OCH3 is 1. The number of hydrogen-bond donors (Lipinski definition) is 2. The van der Waals surface area contributed by atoms with Gasteiger partial charge in [0.05, 0.1) is 34.1 Å². The van der Waals surface area contributed by atoms with Gasteiger partial charge < -0.3 is 19.8 Å². The Morgan fingerprint density at radius 3 is 2.68 bits per heavy atom. The van der Waals surface area contributed by atoms with E-state index in [2.05, 4.69) is 27.8 Å². The summed E-state index contributed by atoms with van der Waals surface area (Å²) in [6.45, 7) is 2.09. The van der Waals surface area contributed by atoms with Crippen LogP contribution in [0.1, 0.15) is 55.7 Å². The van der Waals surface area contributed by atoms with Crippen LogP contribution in [0.2, 0.25) is 0 Å². The second-order valence-corrected chi connectivity index (χ2v) is 11.2. The molecule has 2 aromatic carbocycles. The molecule has 190 valence electrons.